The van der Waals surface area contributed by atoms with Crippen LogP contribution in [0.3, 0.4) is 0 Å². The van der Waals surface area contributed by atoms with Gasteiger partial charge >= 0.3 is 0 Å². The van der Waals surface area contributed by atoms with Crippen molar-refractivity contribution in [3.05, 3.63) is 79.9 Å². The van der Waals surface area contributed by atoms with Crippen LogP contribution in [-0.4, -0.2) is 13.1 Å². The quantitative estimate of drug-likeness (QED) is 0.500. The maximum Gasteiger partial charge on any atom is 0.0858 e. The number of hydrogen-bond acceptors (Lipinski definition) is 3. The van der Waals surface area contributed by atoms with E-state index in [1.165, 1.54) is 0 Å². The van der Waals surface area contributed by atoms with Crippen LogP contribution in [0.2, 0.25) is 0 Å². The molecule has 0 aliphatic rings. The van der Waals surface area contributed by atoms with Gasteiger partial charge in [-0.3, -0.25) is 0 Å². The molecule has 0 aliphatic carbocycles. The van der Waals surface area contributed by atoms with E-state index in [0.29, 0.717) is 0 Å². The Morgan fingerprint density at radius 1 is 0.762 bits per heavy atom. The summed E-state index contributed by atoms with van der Waals surface area (Å²) in [6, 6.07) is 17.7. The van der Waals surface area contributed by atoms with E-state index in [-0.39, 0.29) is 0 Å². The number of benzene rings is 2. The number of azo groups is 1. The van der Waals surface area contributed by atoms with Crippen LogP contribution in [0, 0.1) is 0 Å². The van der Waals surface area contributed by atoms with Crippen LogP contribution >= 0.6 is 0 Å². The average molecular weight is 277 g/mol. The molecule has 0 fully saturated rings. The lowest BCUT2D eigenvalue weighted by Crippen LogP contribution is -2.22. The van der Waals surface area contributed by atoms with Gasteiger partial charge in [0.1, 0.15) is 0 Å². The second-order valence-electron chi connectivity index (χ2n) is 4.53. The van der Waals surface area contributed by atoms with Gasteiger partial charge in [0.15, 0.2) is 0 Å². The van der Waals surface area contributed by atoms with Crippen molar-refractivity contribution in [2.24, 2.45) is 10.2 Å². The highest BCUT2D eigenvalue weighted by Gasteiger charge is 2.02. The SMILES string of the molecule is C=CCN(CC=C)c1ccc(/N=N/c2ccccc2)cc1. The molecule has 0 bridgehead atoms. The summed E-state index contributed by atoms with van der Waals surface area (Å²) in [5.41, 5.74) is 2.80. The van der Waals surface area contributed by atoms with Crippen molar-refractivity contribution in [2.75, 3.05) is 18.0 Å². The summed E-state index contributed by atoms with van der Waals surface area (Å²) >= 11 is 0. The molecule has 3 heteroatoms. The van der Waals surface area contributed by atoms with Gasteiger partial charge in [0.25, 0.3) is 0 Å². The Labute approximate surface area is 126 Å². The second kappa shape index (κ2) is 7.80. The minimum absolute atomic E-state index is 0.789. The van der Waals surface area contributed by atoms with E-state index in [1.54, 1.807) is 0 Å². The molecule has 0 heterocycles. The van der Waals surface area contributed by atoms with Crippen molar-refractivity contribution >= 4 is 17.1 Å². The normalized spacial score (nSPS) is 10.5. The van der Waals surface area contributed by atoms with Crippen molar-refractivity contribution in [1.29, 1.82) is 0 Å². The monoisotopic (exact) mass is 277 g/mol. The van der Waals surface area contributed by atoms with E-state index in [4.69, 9.17) is 0 Å². The van der Waals surface area contributed by atoms with Crippen LogP contribution in [0.15, 0.2) is 90.1 Å². The Hall–Kier alpha value is -2.68. The lowest BCUT2D eigenvalue weighted by molar-refractivity contribution is 0.957. The molecule has 0 saturated carbocycles. The third-order valence-electron chi connectivity index (χ3n) is 2.95. The molecule has 2 aromatic carbocycles. The zero-order valence-corrected chi connectivity index (χ0v) is 12.0. The van der Waals surface area contributed by atoms with Gasteiger partial charge in [-0.15, -0.1) is 13.2 Å². The number of nitrogens with zero attached hydrogens (tertiary/aromatic N) is 3. The number of hydrogen-bond donors (Lipinski definition) is 0. The van der Waals surface area contributed by atoms with Crippen LogP contribution in [0.4, 0.5) is 17.1 Å². The van der Waals surface area contributed by atoms with Gasteiger partial charge in [0.05, 0.1) is 11.4 Å². The first-order valence-electron chi connectivity index (χ1n) is 6.87. The third kappa shape index (κ3) is 4.42. The number of anilines is 1. The van der Waals surface area contributed by atoms with Crippen LogP contribution in [0.25, 0.3) is 0 Å². The lowest BCUT2D eigenvalue weighted by atomic mass is 10.2. The van der Waals surface area contributed by atoms with Gasteiger partial charge in [0.2, 0.25) is 0 Å². The van der Waals surface area contributed by atoms with E-state index in [1.807, 2.05) is 66.7 Å². The summed E-state index contributed by atoms with van der Waals surface area (Å²) in [5.74, 6) is 0. The molecule has 106 valence electrons. The van der Waals surface area contributed by atoms with E-state index in [0.717, 1.165) is 30.2 Å². The molecule has 0 amide bonds. The van der Waals surface area contributed by atoms with Crippen LogP contribution < -0.4 is 4.90 Å². The molecular weight excluding hydrogens is 258 g/mol. The van der Waals surface area contributed by atoms with Crippen molar-refractivity contribution in [2.45, 2.75) is 0 Å². The summed E-state index contributed by atoms with van der Waals surface area (Å²) in [5, 5.41) is 8.44. The molecule has 2 rings (SSSR count). The molecule has 0 saturated heterocycles. The topological polar surface area (TPSA) is 28.0 Å². The van der Waals surface area contributed by atoms with E-state index >= 15 is 0 Å². The van der Waals surface area contributed by atoms with E-state index in [2.05, 4.69) is 28.3 Å². The van der Waals surface area contributed by atoms with Crippen molar-refractivity contribution in [3.8, 4) is 0 Å². The standard InChI is InChI=1S/C18H19N3/c1-3-14-21(15-4-2)18-12-10-17(11-13-18)20-19-16-8-6-5-7-9-16/h3-13H,1-2,14-15H2/b20-19+. The summed E-state index contributed by atoms with van der Waals surface area (Å²) in [6.45, 7) is 9.14. The van der Waals surface area contributed by atoms with Crippen molar-refractivity contribution < 1.29 is 0 Å². The first-order chi connectivity index (χ1) is 10.3. The predicted octanol–water partition coefficient (Wildman–Crippen LogP) is 5.28. The summed E-state index contributed by atoms with van der Waals surface area (Å²) in [7, 11) is 0. The average Bonchev–Trinajstić information content (AvgIpc) is 2.54. The highest BCUT2D eigenvalue weighted by molar-refractivity contribution is 5.53. The summed E-state index contributed by atoms with van der Waals surface area (Å²) < 4.78 is 0. The zero-order chi connectivity index (χ0) is 14.9. The second-order valence-corrected chi connectivity index (χ2v) is 4.53. The third-order valence-corrected chi connectivity index (χ3v) is 2.95. The van der Waals surface area contributed by atoms with Gasteiger partial charge in [0, 0.05) is 18.8 Å². The fourth-order valence-electron chi connectivity index (χ4n) is 1.94. The van der Waals surface area contributed by atoms with Gasteiger partial charge in [-0.25, -0.2) is 0 Å². The van der Waals surface area contributed by atoms with Gasteiger partial charge < -0.3 is 4.90 Å². The lowest BCUT2D eigenvalue weighted by Gasteiger charge is -2.21. The highest BCUT2D eigenvalue weighted by atomic mass is 15.1. The Morgan fingerprint density at radius 2 is 1.29 bits per heavy atom. The molecule has 0 aromatic heterocycles. The molecule has 0 atom stereocenters. The fraction of sp³-hybridized carbons (Fsp3) is 0.111. The maximum atomic E-state index is 4.24. The first kappa shape index (κ1) is 14.7. The van der Waals surface area contributed by atoms with Gasteiger partial charge in [-0.05, 0) is 36.4 Å². The largest absolute Gasteiger partial charge is 0.364 e. The molecule has 3 nitrogen and oxygen atoms in total. The molecule has 0 N–H and O–H groups in total. The fourth-order valence-corrected chi connectivity index (χ4v) is 1.94. The molecular formula is C18H19N3. The Balaban J connectivity index is 2.09. The molecule has 0 radical (unpaired) electrons. The molecule has 0 aliphatic heterocycles. The first-order valence-corrected chi connectivity index (χ1v) is 6.87. The van der Waals surface area contributed by atoms with Crippen LogP contribution in [0.1, 0.15) is 0 Å². The van der Waals surface area contributed by atoms with Gasteiger partial charge in [-0.2, -0.15) is 10.2 Å². The minimum Gasteiger partial charge on any atom is -0.364 e. The summed E-state index contributed by atoms with van der Waals surface area (Å²) in [6.07, 6.45) is 3.76. The van der Waals surface area contributed by atoms with Crippen LogP contribution in [0.5, 0.6) is 0 Å². The highest BCUT2D eigenvalue weighted by Crippen LogP contribution is 2.22. The Kier molecular flexibility index (Phi) is 5.47. The zero-order valence-electron chi connectivity index (χ0n) is 12.0. The van der Waals surface area contributed by atoms with Gasteiger partial charge in [-0.1, -0.05) is 30.4 Å². The Bertz CT molecular complexity index is 590. The smallest absolute Gasteiger partial charge is 0.0858 e. The van der Waals surface area contributed by atoms with E-state index in [9.17, 15) is 0 Å². The minimum atomic E-state index is 0.789. The van der Waals surface area contributed by atoms with Crippen LogP contribution in [-0.2, 0) is 0 Å². The van der Waals surface area contributed by atoms with E-state index < -0.39 is 0 Å². The van der Waals surface area contributed by atoms with Crippen molar-refractivity contribution in [1.82, 2.24) is 0 Å². The Morgan fingerprint density at radius 3 is 1.81 bits per heavy atom. The predicted molar refractivity (Wildman–Crippen MR) is 89.7 cm³/mol. The molecule has 0 unspecified atom stereocenters. The molecule has 2 aromatic rings. The van der Waals surface area contributed by atoms with Crippen molar-refractivity contribution in [3.63, 3.8) is 0 Å². The molecule has 0 spiro atoms. The molecule has 21 heavy (non-hydrogen) atoms. The maximum absolute atomic E-state index is 4.24. The number of rotatable bonds is 7. The summed E-state index contributed by atoms with van der Waals surface area (Å²) in [4.78, 5) is 2.18.